The standard InChI is InChI=1S/C19H25BO3/c1-6-11-21-17-10-8-14-12-16(9-7-15(14)13-17)20-22-18(2,3)19(4,5)23-20/h7-10,12-13H,6,11H2,1-5H3. The maximum absolute atomic E-state index is 6.13. The van der Waals surface area contributed by atoms with Crippen molar-refractivity contribution in [2.24, 2.45) is 0 Å². The lowest BCUT2D eigenvalue weighted by atomic mass is 9.78. The van der Waals surface area contributed by atoms with Gasteiger partial charge in [0.25, 0.3) is 0 Å². The molecule has 4 heteroatoms. The van der Waals surface area contributed by atoms with Crippen molar-refractivity contribution in [3.8, 4) is 5.75 Å². The molecule has 2 aromatic rings. The first-order valence-corrected chi connectivity index (χ1v) is 8.34. The lowest BCUT2D eigenvalue weighted by molar-refractivity contribution is 0.00578. The summed E-state index contributed by atoms with van der Waals surface area (Å²) < 4.78 is 18.0. The van der Waals surface area contributed by atoms with Gasteiger partial charge in [-0.15, -0.1) is 0 Å². The van der Waals surface area contributed by atoms with E-state index in [2.05, 4.69) is 65.0 Å². The summed E-state index contributed by atoms with van der Waals surface area (Å²) in [6, 6.07) is 12.5. The Bertz CT molecular complexity index is 693. The van der Waals surface area contributed by atoms with E-state index < -0.39 is 0 Å². The zero-order chi connectivity index (χ0) is 16.7. The summed E-state index contributed by atoms with van der Waals surface area (Å²) in [7, 11) is -0.319. The zero-order valence-electron chi connectivity index (χ0n) is 14.7. The van der Waals surface area contributed by atoms with Crippen LogP contribution >= 0.6 is 0 Å². The van der Waals surface area contributed by atoms with Crippen molar-refractivity contribution in [2.75, 3.05) is 6.61 Å². The van der Waals surface area contributed by atoms with Gasteiger partial charge in [0.2, 0.25) is 0 Å². The van der Waals surface area contributed by atoms with Crippen LogP contribution in [0.5, 0.6) is 5.75 Å². The predicted octanol–water partition coefficient (Wildman–Crippen LogP) is 3.93. The van der Waals surface area contributed by atoms with Gasteiger partial charge in [0.1, 0.15) is 5.75 Å². The zero-order valence-corrected chi connectivity index (χ0v) is 14.7. The van der Waals surface area contributed by atoms with E-state index in [4.69, 9.17) is 14.0 Å². The molecule has 1 heterocycles. The summed E-state index contributed by atoms with van der Waals surface area (Å²) in [4.78, 5) is 0. The first-order chi connectivity index (χ1) is 10.8. The maximum atomic E-state index is 6.13. The van der Waals surface area contributed by atoms with Crippen molar-refractivity contribution < 1.29 is 14.0 Å². The van der Waals surface area contributed by atoms with E-state index in [1.165, 1.54) is 10.8 Å². The Morgan fingerprint density at radius 3 is 2.17 bits per heavy atom. The highest BCUT2D eigenvalue weighted by Gasteiger charge is 2.51. The molecule has 0 N–H and O–H groups in total. The number of ether oxygens (including phenoxy) is 1. The Balaban J connectivity index is 1.87. The summed E-state index contributed by atoms with van der Waals surface area (Å²) in [5.74, 6) is 0.919. The summed E-state index contributed by atoms with van der Waals surface area (Å²) in [6.45, 7) is 11.2. The van der Waals surface area contributed by atoms with Gasteiger partial charge in [-0.2, -0.15) is 0 Å². The van der Waals surface area contributed by atoms with E-state index in [1.54, 1.807) is 0 Å². The van der Waals surface area contributed by atoms with Crippen LogP contribution in [0.4, 0.5) is 0 Å². The minimum Gasteiger partial charge on any atom is -0.494 e. The van der Waals surface area contributed by atoms with Crippen LogP contribution in [0.2, 0.25) is 0 Å². The van der Waals surface area contributed by atoms with E-state index in [0.717, 1.165) is 24.2 Å². The molecule has 0 amide bonds. The second-order valence-electron chi connectivity index (χ2n) is 7.21. The van der Waals surface area contributed by atoms with Crippen LogP contribution in [-0.4, -0.2) is 24.9 Å². The van der Waals surface area contributed by atoms with Crippen molar-refractivity contribution in [3.63, 3.8) is 0 Å². The Hall–Kier alpha value is -1.52. The number of hydrogen-bond donors (Lipinski definition) is 0. The second kappa shape index (κ2) is 5.84. The lowest BCUT2D eigenvalue weighted by Gasteiger charge is -2.32. The first-order valence-electron chi connectivity index (χ1n) is 8.34. The number of hydrogen-bond acceptors (Lipinski definition) is 3. The highest BCUT2D eigenvalue weighted by atomic mass is 16.7. The molecule has 23 heavy (non-hydrogen) atoms. The largest absolute Gasteiger partial charge is 0.494 e. The molecule has 0 atom stereocenters. The van der Waals surface area contributed by atoms with Crippen molar-refractivity contribution in [3.05, 3.63) is 36.4 Å². The number of fused-ring (bicyclic) bond motifs is 1. The average Bonchev–Trinajstić information content (AvgIpc) is 2.72. The molecular weight excluding hydrogens is 287 g/mol. The van der Waals surface area contributed by atoms with Crippen LogP contribution in [-0.2, 0) is 9.31 Å². The van der Waals surface area contributed by atoms with E-state index >= 15 is 0 Å². The topological polar surface area (TPSA) is 27.7 Å². The third-order valence-corrected chi connectivity index (χ3v) is 4.83. The molecule has 1 fully saturated rings. The van der Waals surface area contributed by atoms with E-state index in [-0.39, 0.29) is 18.3 Å². The normalized spacial score (nSPS) is 19.3. The molecule has 2 aromatic carbocycles. The molecule has 0 aromatic heterocycles. The van der Waals surface area contributed by atoms with Crippen LogP contribution in [0.25, 0.3) is 10.8 Å². The molecule has 122 valence electrons. The minimum atomic E-state index is -0.319. The molecule has 3 nitrogen and oxygen atoms in total. The lowest BCUT2D eigenvalue weighted by Crippen LogP contribution is -2.41. The van der Waals surface area contributed by atoms with Gasteiger partial charge in [-0.3, -0.25) is 0 Å². The van der Waals surface area contributed by atoms with E-state index in [9.17, 15) is 0 Å². The van der Waals surface area contributed by atoms with Gasteiger partial charge in [-0.25, -0.2) is 0 Å². The summed E-state index contributed by atoms with van der Waals surface area (Å²) >= 11 is 0. The van der Waals surface area contributed by atoms with Gasteiger partial charge in [0, 0.05) is 0 Å². The third-order valence-electron chi connectivity index (χ3n) is 4.83. The van der Waals surface area contributed by atoms with Gasteiger partial charge < -0.3 is 14.0 Å². The molecule has 1 aliphatic rings. The van der Waals surface area contributed by atoms with Crippen LogP contribution in [0, 0.1) is 0 Å². The van der Waals surface area contributed by atoms with Crippen LogP contribution in [0.3, 0.4) is 0 Å². The second-order valence-corrected chi connectivity index (χ2v) is 7.21. The van der Waals surface area contributed by atoms with Crippen molar-refractivity contribution >= 4 is 23.4 Å². The van der Waals surface area contributed by atoms with Crippen LogP contribution in [0.15, 0.2) is 36.4 Å². The van der Waals surface area contributed by atoms with Gasteiger partial charge in [0.05, 0.1) is 17.8 Å². The first kappa shape index (κ1) is 16.3. The predicted molar refractivity (Wildman–Crippen MR) is 95.5 cm³/mol. The molecular formula is C19H25BO3. The highest BCUT2D eigenvalue weighted by molar-refractivity contribution is 6.62. The molecule has 0 saturated carbocycles. The molecule has 0 aliphatic carbocycles. The summed E-state index contributed by atoms with van der Waals surface area (Å²) in [5.41, 5.74) is 0.424. The maximum Gasteiger partial charge on any atom is 0.494 e. The fourth-order valence-corrected chi connectivity index (χ4v) is 2.68. The SMILES string of the molecule is CCCOc1ccc2cc(B3OC(C)(C)C(C)(C)O3)ccc2c1. The van der Waals surface area contributed by atoms with Gasteiger partial charge in [-0.1, -0.05) is 31.2 Å². The smallest absolute Gasteiger partial charge is 0.494 e. The van der Waals surface area contributed by atoms with Crippen molar-refractivity contribution in [2.45, 2.75) is 52.2 Å². The Morgan fingerprint density at radius 1 is 0.913 bits per heavy atom. The monoisotopic (exact) mass is 312 g/mol. The fraction of sp³-hybridized carbons (Fsp3) is 0.474. The molecule has 1 saturated heterocycles. The number of rotatable bonds is 4. The van der Waals surface area contributed by atoms with Crippen LogP contribution < -0.4 is 10.2 Å². The Kier molecular flexibility index (Phi) is 4.15. The van der Waals surface area contributed by atoms with E-state index in [1.807, 2.05) is 6.07 Å². The summed E-state index contributed by atoms with van der Waals surface area (Å²) in [6.07, 6.45) is 1.01. The number of benzene rings is 2. The molecule has 0 bridgehead atoms. The Labute approximate surface area is 139 Å². The van der Waals surface area contributed by atoms with Crippen LogP contribution in [0.1, 0.15) is 41.0 Å². The molecule has 1 aliphatic heterocycles. The molecule has 3 rings (SSSR count). The van der Waals surface area contributed by atoms with Gasteiger partial charge >= 0.3 is 7.12 Å². The molecule has 0 spiro atoms. The van der Waals surface area contributed by atoms with Gasteiger partial charge in [0.15, 0.2) is 0 Å². The van der Waals surface area contributed by atoms with Crippen molar-refractivity contribution in [1.82, 2.24) is 0 Å². The Morgan fingerprint density at radius 2 is 1.52 bits per heavy atom. The fourth-order valence-electron chi connectivity index (χ4n) is 2.68. The molecule has 0 radical (unpaired) electrons. The molecule has 0 unspecified atom stereocenters. The van der Waals surface area contributed by atoms with Crippen molar-refractivity contribution in [1.29, 1.82) is 0 Å². The quantitative estimate of drug-likeness (QED) is 0.801. The summed E-state index contributed by atoms with van der Waals surface area (Å²) in [5, 5.41) is 2.33. The van der Waals surface area contributed by atoms with Gasteiger partial charge in [-0.05, 0) is 62.5 Å². The van der Waals surface area contributed by atoms with E-state index in [0.29, 0.717) is 0 Å². The average molecular weight is 312 g/mol. The third kappa shape index (κ3) is 3.10. The highest BCUT2D eigenvalue weighted by Crippen LogP contribution is 2.36. The minimum absolute atomic E-state index is 0.315.